The Morgan fingerprint density at radius 1 is 1.13 bits per heavy atom. The summed E-state index contributed by atoms with van der Waals surface area (Å²) in [6.07, 6.45) is 1.33. The van der Waals surface area contributed by atoms with Crippen molar-refractivity contribution in [2.24, 2.45) is 0 Å². The molecule has 3 rings (SSSR count). The summed E-state index contributed by atoms with van der Waals surface area (Å²) in [5.74, 6) is -0.651. The molecule has 2 N–H and O–H groups in total. The molecule has 1 heterocycles. The number of rotatable bonds is 3. The SMILES string of the molecule is O=C(Nc1cccc(F)c1)c1ccc(N2CCC(O)CC2)cc1. The Morgan fingerprint density at radius 2 is 1.83 bits per heavy atom. The van der Waals surface area contributed by atoms with Gasteiger partial charge in [-0.2, -0.15) is 0 Å². The minimum Gasteiger partial charge on any atom is -0.393 e. The number of carbonyl (C=O) groups excluding carboxylic acids is 1. The van der Waals surface area contributed by atoms with Gasteiger partial charge in [-0.05, 0) is 55.3 Å². The van der Waals surface area contributed by atoms with Crippen LogP contribution in [0.25, 0.3) is 0 Å². The third-order valence-electron chi connectivity index (χ3n) is 4.04. The molecular formula is C18H19FN2O2. The Labute approximate surface area is 134 Å². The van der Waals surface area contributed by atoms with Gasteiger partial charge in [0.2, 0.25) is 0 Å². The topological polar surface area (TPSA) is 52.6 Å². The first-order chi connectivity index (χ1) is 11.1. The Morgan fingerprint density at radius 3 is 2.48 bits per heavy atom. The van der Waals surface area contributed by atoms with Gasteiger partial charge in [0.05, 0.1) is 6.10 Å². The van der Waals surface area contributed by atoms with E-state index in [1.54, 1.807) is 24.3 Å². The van der Waals surface area contributed by atoms with E-state index in [9.17, 15) is 14.3 Å². The van der Waals surface area contributed by atoms with Gasteiger partial charge in [0.15, 0.2) is 0 Å². The lowest BCUT2D eigenvalue weighted by atomic mass is 10.1. The number of hydrogen-bond acceptors (Lipinski definition) is 3. The zero-order valence-electron chi connectivity index (χ0n) is 12.7. The van der Waals surface area contributed by atoms with Gasteiger partial charge in [0.1, 0.15) is 5.82 Å². The molecule has 5 heteroatoms. The highest BCUT2D eigenvalue weighted by Gasteiger charge is 2.17. The maximum absolute atomic E-state index is 13.1. The minimum absolute atomic E-state index is 0.206. The summed E-state index contributed by atoms with van der Waals surface area (Å²) in [5, 5.41) is 12.2. The molecule has 1 amide bonds. The lowest BCUT2D eigenvalue weighted by molar-refractivity contribution is 0.102. The van der Waals surface area contributed by atoms with E-state index in [-0.39, 0.29) is 17.8 Å². The number of aliphatic hydroxyl groups is 1. The molecule has 0 aliphatic carbocycles. The van der Waals surface area contributed by atoms with Crippen molar-refractivity contribution in [3.05, 3.63) is 59.9 Å². The number of aliphatic hydroxyl groups excluding tert-OH is 1. The Kier molecular flexibility index (Phi) is 4.57. The van der Waals surface area contributed by atoms with Gasteiger partial charge in [0.25, 0.3) is 5.91 Å². The van der Waals surface area contributed by atoms with Crippen LogP contribution in [0.15, 0.2) is 48.5 Å². The molecule has 1 aliphatic rings. The van der Waals surface area contributed by atoms with Gasteiger partial charge >= 0.3 is 0 Å². The van der Waals surface area contributed by atoms with Crippen LogP contribution in [0, 0.1) is 5.82 Å². The molecular weight excluding hydrogens is 295 g/mol. The van der Waals surface area contributed by atoms with Crippen LogP contribution in [0.3, 0.4) is 0 Å². The monoisotopic (exact) mass is 314 g/mol. The summed E-state index contributed by atoms with van der Waals surface area (Å²) >= 11 is 0. The van der Waals surface area contributed by atoms with E-state index in [1.807, 2.05) is 12.1 Å². The van der Waals surface area contributed by atoms with E-state index in [4.69, 9.17) is 0 Å². The van der Waals surface area contributed by atoms with Crippen LogP contribution in [0.4, 0.5) is 15.8 Å². The van der Waals surface area contributed by atoms with Crippen LogP contribution in [-0.4, -0.2) is 30.2 Å². The molecule has 0 unspecified atom stereocenters. The van der Waals surface area contributed by atoms with Crippen molar-refractivity contribution in [2.45, 2.75) is 18.9 Å². The first-order valence-corrected chi connectivity index (χ1v) is 7.72. The smallest absolute Gasteiger partial charge is 0.255 e. The number of hydrogen-bond donors (Lipinski definition) is 2. The third-order valence-corrected chi connectivity index (χ3v) is 4.04. The molecule has 0 atom stereocenters. The highest BCUT2D eigenvalue weighted by Crippen LogP contribution is 2.21. The molecule has 120 valence electrons. The van der Waals surface area contributed by atoms with Crippen LogP contribution >= 0.6 is 0 Å². The molecule has 2 aromatic rings. The van der Waals surface area contributed by atoms with Gasteiger partial charge in [-0.25, -0.2) is 4.39 Å². The summed E-state index contributed by atoms with van der Waals surface area (Å²) in [5.41, 5.74) is 2.00. The van der Waals surface area contributed by atoms with Crippen LogP contribution < -0.4 is 10.2 Å². The summed E-state index contributed by atoms with van der Waals surface area (Å²) in [6, 6.07) is 13.1. The average molecular weight is 314 g/mol. The standard InChI is InChI=1S/C18H19FN2O2/c19-14-2-1-3-15(12-14)20-18(23)13-4-6-16(7-5-13)21-10-8-17(22)9-11-21/h1-7,12,17,22H,8-11H2,(H,20,23). The summed E-state index contributed by atoms with van der Waals surface area (Å²) in [4.78, 5) is 14.4. The molecule has 0 bridgehead atoms. The number of nitrogens with one attached hydrogen (secondary N) is 1. The maximum atomic E-state index is 13.1. The summed E-state index contributed by atoms with van der Waals surface area (Å²) < 4.78 is 13.1. The van der Waals surface area contributed by atoms with E-state index < -0.39 is 0 Å². The quantitative estimate of drug-likeness (QED) is 0.915. The number of piperidine rings is 1. The molecule has 1 saturated heterocycles. The lowest BCUT2D eigenvalue weighted by Gasteiger charge is -2.31. The van der Waals surface area contributed by atoms with Crippen molar-refractivity contribution in [3.8, 4) is 0 Å². The van der Waals surface area contributed by atoms with E-state index in [0.29, 0.717) is 11.3 Å². The second-order valence-corrected chi connectivity index (χ2v) is 5.73. The van der Waals surface area contributed by atoms with Gasteiger partial charge in [0, 0.05) is 30.0 Å². The number of halogens is 1. The maximum Gasteiger partial charge on any atom is 0.255 e. The molecule has 0 spiro atoms. The zero-order chi connectivity index (χ0) is 16.2. The fourth-order valence-electron chi connectivity index (χ4n) is 2.72. The molecule has 0 radical (unpaired) electrons. The van der Waals surface area contributed by atoms with Crippen LogP contribution in [0.1, 0.15) is 23.2 Å². The molecule has 23 heavy (non-hydrogen) atoms. The number of anilines is 2. The predicted molar refractivity (Wildman–Crippen MR) is 88.2 cm³/mol. The van der Waals surface area contributed by atoms with Crippen LogP contribution in [0.5, 0.6) is 0 Å². The van der Waals surface area contributed by atoms with Crippen molar-refractivity contribution in [1.82, 2.24) is 0 Å². The second-order valence-electron chi connectivity index (χ2n) is 5.73. The molecule has 2 aromatic carbocycles. The average Bonchev–Trinajstić information content (AvgIpc) is 2.56. The highest BCUT2D eigenvalue weighted by atomic mass is 19.1. The first-order valence-electron chi connectivity index (χ1n) is 7.72. The van der Waals surface area contributed by atoms with Crippen molar-refractivity contribution in [2.75, 3.05) is 23.3 Å². The van der Waals surface area contributed by atoms with Crippen LogP contribution in [0.2, 0.25) is 0 Å². The zero-order valence-corrected chi connectivity index (χ0v) is 12.7. The van der Waals surface area contributed by atoms with Gasteiger partial charge < -0.3 is 15.3 Å². The first kappa shape index (κ1) is 15.5. The molecule has 1 fully saturated rings. The van der Waals surface area contributed by atoms with Crippen LogP contribution in [-0.2, 0) is 0 Å². The minimum atomic E-state index is -0.384. The van der Waals surface area contributed by atoms with E-state index >= 15 is 0 Å². The molecule has 0 aromatic heterocycles. The van der Waals surface area contributed by atoms with E-state index in [1.165, 1.54) is 12.1 Å². The molecule has 4 nitrogen and oxygen atoms in total. The highest BCUT2D eigenvalue weighted by molar-refractivity contribution is 6.04. The molecule has 1 aliphatic heterocycles. The normalized spacial score (nSPS) is 15.5. The van der Waals surface area contributed by atoms with Crippen molar-refractivity contribution in [1.29, 1.82) is 0 Å². The van der Waals surface area contributed by atoms with Gasteiger partial charge in [-0.3, -0.25) is 4.79 Å². The summed E-state index contributed by atoms with van der Waals surface area (Å²) in [7, 11) is 0. The number of nitrogens with zero attached hydrogens (tertiary/aromatic N) is 1. The van der Waals surface area contributed by atoms with Crippen molar-refractivity contribution in [3.63, 3.8) is 0 Å². The van der Waals surface area contributed by atoms with Crippen molar-refractivity contribution >= 4 is 17.3 Å². The fourth-order valence-corrected chi connectivity index (χ4v) is 2.72. The largest absolute Gasteiger partial charge is 0.393 e. The predicted octanol–water partition coefficient (Wildman–Crippen LogP) is 3.04. The Hall–Kier alpha value is -2.40. The number of carbonyl (C=O) groups is 1. The van der Waals surface area contributed by atoms with Gasteiger partial charge in [-0.1, -0.05) is 6.07 Å². The Balaban J connectivity index is 1.65. The number of benzene rings is 2. The van der Waals surface area contributed by atoms with E-state index in [0.717, 1.165) is 31.6 Å². The van der Waals surface area contributed by atoms with Crippen molar-refractivity contribution < 1.29 is 14.3 Å². The number of amides is 1. The Bertz CT molecular complexity index is 680. The second kappa shape index (κ2) is 6.79. The lowest BCUT2D eigenvalue weighted by Crippen LogP contribution is -2.35. The third kappa shape index (κ3) is 3.87. The van der Waals surface area contributed by atoms with Gasteiger partial charge in [-0.15, -0.1) is 0 Å². The summed E-state index contributed by atoms with van der Waals surface area (Å²) in [6.45, 7) is 1.63. The fraction of sp³-hybridized carbons (Fsp3) is 0.278. The molecule has 0 saturated carbocycles. The van der Waals surface area contributed by atoms with E-state index in [2.05, 4.69) is 10.2 Å².